The van der Waals surface area contributed by atoms with Gasteiger partial charge in [0.05, 0.1) is 12.0 Å². The molecule has 4 nitrogen and oxygen atoms in total. The first-order valence-corrected chi connectivity index (χ1v) is 7.09. The summed E-state index contributed by atoms with van der Waals surface area (Å²) < 4.78 is 0. The number of aryl methyl sites for hydroxylation is 2. The number of anilines is 1. The molecule has 1 amide bonds. The molecule has 0 saturated carbocycles. The molecule has 0 fully saturated rings. The van der Waals surface area contributed by atoms with Crippen LogP contribution < -0.4 is 5.32 Å². The van der Waals surface area contributed by atoms with Gasteiger partial charge in [0.25, 0.3) is 0 Å². The summed E-state index contributed by atoms with van der Waals surface area (Å²) in [5.74, 6) is 0.0388. The topological polar surface area (TPSA) is 57.8 Å². The Morgan fingerprint density at radius 1 is 1.50 bits per heavy atom. The number of nitrogens with one attached hydrogen (secondary N) is 2. The zero-order valence-electron chi connectivity index (χ0n) is 11.2. The Morgan fingerprint density at radius 3 is 3.20 bits per heavy atom. The Kier molecular flexibility index (Phi) is 3.49. The molecule has 0 radical (unpaired) electrons. The summed E-state index contributed by atoms with van der Waals surface area (Å²) in [4.78, 5) is 19.7. The van der Waals surface area contributed by atoms with Crippen LogP contribution in [0, 0.1) is 12.8 Å². The second-order valence-electron chi connectivity index (χ2n) is 5.22. The van der Waals surface area contributed by atoms with Crippen molar-refractivity contribution in [2.24, 2.45) is 5.92 Å². The van der Waals surface area contributed by atoms with Crippen LogP contribution in [-0.4, -0.2) is 15.9 Å². The van der Waals surface area contributed by atoms with Crippen molar-refractivity contribution in [2.45, 2.75) is 26.2 Å². The molecule has 0 spiro atoms. The summed E-state index contributed by atoms with van der Waals surface area (Å²) in [5, 5.41) is 3.62. The highest BCUT2D eigenvalue weighted by molar-refractivity contribution is 6.31. The highest BCUT2D eigenvalue weighted by atomic mass is 35.5. The van der Waals surface area contributed by atoms with E-state index in [4.69, 9.17) is 11.6 Å². The van der Waals surface area contributed by atoms with Gasteiger partial charge >= 0.3 is 0 Å². The number of nitrogens with zero attached hydrogens (tertiary/aromatic N) is 1. The van der Waals surface area contributed by atoms with Crippen molar-refractivity contribution < 1.29 is 4.79 Å². The van der Waals surface area contributed by atoms with Gasteiger partial charge in [0.2, 0.25) is 5.91 Å². The molecule has 1 unspecified atom stereocenters. The summed E-state index contributed by atoms with van der Waals surface area (Å²) in [5.41, 5.74) is 3.98. The summed E-state index contributed by atoms with van der Waals surface area (Å²) in [6.45, 7) is 1.96. The highest BCUT2D eigenvalue weighted by Gasteiger charge is 2.26. The molecule has 104 valence electrons. The van der Waals surface area contributed by atoms with Crippen molar-refractivity contribution in [1.29, 1.82) is 0 Å². The van der Waals surface area contributed by atoms with Crippen LogP contribution >= 0.6 is 11.6 Å². The van der Waals surface area contributed by atoms with E-state index in [2.05, 4.69) is 15.3 Å². The normalized spacial score (nSPS) is 17.6. The average Bonchev–Trinajstić information content (AvgIpc) is 2.90. The number of imidazole rings is 1. The number of benzene rings is 1. The number of amides is 1. The third-order valence-corrected chi connectivity index (χ3v) is 4.05. The first kappa shape index (κ1) is 13.2. The number of carbonyl (C=O) groups excluding carboxylic acids is 1. The number of carbonyl (C=O) groups is 1. The maximum absolute atomic E-state index is 12.4. The molecule has 1 heterocycles. The van der Waals surface area contributed by atoms with E-state index in [-0.39, 0.29) is 11.8 Å². The first-order chi connectivity index (χ1) is 9.63. The lowest BCUT2D eigenvalue weighted by molar-refractivity contribution is -0.120. The predicted molar refractivity (Wildman–Crippen MR) is 78.9 cm³/mol. The third-order valence-electron chi connectivity index (χ3n) is 3.82. The Morgan fingerprint density at radius 2 is 2.35 bits per heavy atom. The minimum Gasteiger partial charge on any atom is -0.348 e. The Labute approximate surface area is 122 Å². The predicted octanol–water partition coefficient (Wildman–Crippen LogP) is 3.12. The molecular formula is C15H16ClN3O. The second-order valence-corrected chi connectivity index (χ2v) is 5.65. The maximum atomic E-state index is 12.4. The number of hydrogen-bond donors (Lipinski definition) is 2. The molecule has 1 atom stereocenters. The molecule has 5 heteroatoms. The van der Waals surface area contributed by atoms with Crippen LogP contribution in [0.2, 0.25) is 5.02 Å². The fourth-order valence-electron chi connectivity index (χ4n) is 2.59. The van der Waals surface area contributed by atoms with Crippen LogP contribution in [0.25, 0.3) is 0 Å². The van der Waals surface area contributed by atoms with Crippen LogP contribution in [0.1, 0.15) is 23.4 Å². The van der Waals surface area contributed by atoms with Gasteiger partial charge in [-0.05, 0) is 37.5 Å². The van der Waals surface area contributed by atoms with Crippen molar-refractivity contribution in [1.82, 2.24) is 9.97 Å². The smallest absolute Gasteiger partial charge is 0.227 e. The molecule has 1 aliphatic rings. The molecule has 0 saturated heterocycles. The van der Waals surface area contributed by atoms with Crippen molar-refractivity contribution in [3.8, 4) is 0 Å². The maximum Gasteiger partial charge on any atom is 0.227 e. The number of rotatable bonds is 2. The van der Waals surface area contributed by atoms with Gasteiger partial charge < -0.3 is 10.3 Å². The van der Waals surface area contributed by atoms with E-state index in [0.717, 1.165) is 41.9 Å². The zero-order chi connectivity index (χ0) is 14.1. The van der Waals surface area contributed by atoms with E-state index in [1.165, 1.54) is 0 Å². The molecule has 0 bridgehead atoms. The lowest BCUT2D eigenvalue weighted by Gasteiger charge is -2.21. The monoisotopic (exact) mass is 289 g/mol. The van der Waals surface area contributed by atoms with Crippen molar-refractivity contribution >= 4 is 23.2 Å². The minimum atomic E-state index is -0.0127. The lowest BCUT2D eigenvalue weighted by atomic mass is 9.89. The van der Waals surface area contributed by atoms with Crippen LogP contribution in [0.15, 0.2) is 24.5 Å². The van der Waals surface area contributed by atoms with E-state index in [1.807, 2.05) is 19.1 Å². The van der Waals surface area contributed by atoms with E-state index >= 15 is 0 Å². The van der Waals surface area contributed by atoms with Crippen LogP contribution in [-0.2, 0) is 17.6 Å². The SMILES string of the molecule is Cc1ccc(Cl)cc1NC(=O)C1CCc2nc[nH]c2C1. The van der Waals surface area contributed by atoms with Gasteiger partial charge in [-0.3, -0.25) is 4.79 Å². The van der Waals surface area contributed by atoms with Crippen molar-refractivity contribution in [2.75, 3.05) is 5.32 Å². The summed E-state index contributed by atoms with van der Waals surface area (Å²) >= 11 is 5.97. The van der Waals surface area contributed by atoms with E-state index < -0.39 is 0 Å². The van der Waals surface area contributed by atoms with E-state index in [1.54, 1.807) is 12.4 Å². The quantitative estimate of drug-likeness (QED) is 0.892. The van der Waals surface area contributed by atoms with Crippen molar-refractivity contribution in [3.63, 3.8) is 0 Å². The molecule has 1 aromatic carbocycles. The number of halogens is 1. The van der Waals surface area contributed by atoms with Gasteiger partial charge in [-0.2, -0.15) is 0 Å². The van der Waals surface area contributed by atoms with Gasteiger partial charge in [-0.1, -0.05) is 17.7 Å². The van der Waals surface area contributed by atoms with Gasteiger partial charge in [0.15, 0.2) is 0 Å². The summed E-state index contributed by atoms with van der Waals surface area (Å²) in [7, 11) is 0. The zero-order valence-corrected chi connectivity index (χ0v) is 12.0. The molecule has 2 N–H and O–H groups in total. The van der Waals surface area contributed by atoms with E-state index in [0.29, 0.717) is 5.02 Å². The molecule has 2 aromatic rings. The first-order valence-electron chi connectivity index (χ1n) is 6.71. The van der Waals surface area contributed by atoms with Crippen molar-refractivity contribution in [3.05, 3.63) is 46.5 Å². The van der Waals surface area contributed by atoms with Gasteiger partial charge in [0, 0.05) is 28.7 Å². The number of aromatic amines is 1. The third kappa shape index (κ3) is 2.56. The van der Waals surface area contributed by atoms with Gasteiger partial charge in [-0.15, -0.1) is 0 Å². The Hall–Kier alpha value is -1.81. The molecule has 1 aliphatic carbocycles. The molecule has 20 heavy (non-hydrogen) atoms. The number of fused-ring (bicyclic) bond motifs is 1. The fourth-order valence-corrected chi connectivity index (χ4v) is 2.76. The second kappa shape index (κ2) is 5.29. The molecule has 1 aromatic heterocycles. The molecule has 3 rings (SSSR count). The van der Waals surface area contributed by atoms with Crippen LogP contribution in [0.5, 0.6) is 0 Å². The Balaban J connectivity index is 1.73. The molecule has 0 aliphatic heterocycles. The largest absolute Gasteiger partial charge is 0.348 e. The fraction of sp³-hybridized carbons (Fsp3) is 0.333. The van der Waals surface area contributed by atoms with Gasteiger partial charge in [-0.25, -0.2) is 4.98 Å². The highest BCUT2D eigenvalue weighted by Crippen LogP contribution is 2.26. The average molecular weight is 290 g/mol. The number of aromatic nitrogens is 2. The molecular weight excluding hydrogens is 274 g/mol. The Bertz CT molecular complexity index is 650. The lowest BCUT2D eigenvalue weighted by Crippen LogP contribution is -2.28. The standard InChI is InChI=1S/C15H16ClN3O/c1-9-2-4-11(16)7-13(9)19-15(20)10-3-5-12-14(6-10)18-8-17-12/h2,4,7-8,10H,3,5-6H2,1H3,(H,17,18)(H,19,20). The number of H-pyrrole nitrogens is 1. The number of hydrogen-bond acceptors (Lipinski definition) is 2. The van der Waals surface area contributed by atoms with Gasteiger partial charge in [0.1, 0.15) is 0 Å². The van der Waals surface area contributed by atoms with Crippen LogP contribution in [0.4, 0.5) is 5.69 Å². The van der Waals surface area contributed by atoms with Crippen LogP contribution in [0.3, 0.4) is 0 Å². The summed E-state index contributed by atoms with van der Waals surface area (Å²) in [6.07, 6.45) is 4.11. The van der Waals surface area contributed by atoms with E-state index in [9.17, 15) is 4.79 Å². The summed E-state index contributed by atoms with van der Waals surface area (Å²) in [6, 6.07) is 5.52. The minimum absolute atomic E-state index is 0.0127.